The molecule has 1 fully saturated rings. The van der Waals surface area contributed by atoms with Crippen LogP contribution >= 0.6 is 0 Å². The molecule has 1 aromatic heterocycles. The molecule has 4 nitrogen and oxygen atoms in total. The highest BCUT2D eigenvalue weighted by Crippen LogP contribution is 2.33. The van der Waals surface area contributed by atoms with Gasteiger partial charge in [-0.15, -0.1) is 0 Å². The van der Waals surface area contributed by atoms with Crippen LogP contribution in [-0.4, -0.2) is 41.6 Å². The number of likely N-dealkylation sites (tertiary alicyclic amines) is 1. The minimum Gasteiger partial charge on any atom is -0.352 e. The quantitative estimate of drug-likeness (QED) is 0.442. The van der Waals surface area contributed by atoms with Crippen LogP contribution in [0.2, 0.25) is 0 Å². The molecular weight excluding hydrogens is 418 g/mol. The van der Waals surface area contributed by atoms with E-state index in [1.807, 2.05) is 12.1 Å². The molecule has 1 amide bonds. The Balaban J connectivity index is 1.26. The summed E-state index contributed by atoms with van der Waals surface area (Å²) >= 11 is 0. The Kier molecular flexibility index (Phi) is 7.45. The Bertz CT molecular complexity index is 1080. The van der Waals surface area contributed by atoms with Gasteiger partial charge in [0.25, 0.3) is 5.91 Å². The Hall–Kier alpha value is -2.85. The van der Waals surface area contributed by atoms with Crippen molar-refractivity contribution in [2.45, 2.75) is 57.8 Å². The van der Waals surface area contributed by atoms with E-state index < -0.39 is 0 Å². The number of carbonyl (C=O) groups excluding carboxylic acids is 1. The molecule has 0 spiro atoms. The number of aryl methyl sites for hydroxylation is 1. The van der Waals surface area contributed by atoms with E-state index in [0.717, 1.165) is 43.6 Å². The molecule has 178 valence electrons. The van der Waals surface area contributed by atoms with Crippen LogP contribution in [0.25, 0.3) is 16.9 Å². The molecule has 1 saturated heterocycles. The van der Waals surface area contributed by atoms with Crippen LogP contribution < -0.4 is 5.32 Å². The fourth-order valence-electron chi connectivity index (χ4n) is 5.54. The van der Waals surface area contributed by atoms with Crippen LogP contribution in [0.4, 0.5) is 0 Å². The van der Waals surface area contributed by atoms with Crippen molar-refractivity contribution >= 4 is 5.91 Å². The fourth-order valence-corrected chi connectivity index (χ4v) is 5.54. The fraction of sp³-hybridized carbons (Fsp3) is 0.433. The van der Waals surface area contributed by atoms with E-state index in [2.05, 4.69) is 63.3 Å². The van der Waals surface area contributed by atoms with Crippen LogP contribution in [0.5, 0.6) is 0 Å². The molecule has 0 radical (unpaired) electrons. The first-order valence-corrected chi connectivity index (χ1v) is 13.2. The maximum Gasteiger partial charge on any atom is 0.251 e. The molecule has 1 aliphatic heterocycles. The van der Waals surface area contributed by atoms with Crippen LogP contribution in [0.3, 0.4) is 0 Å². The zero-order valence-electron chi connectivity index (χ0n) is 20.3. The Morgan fingerprint density at radius 1 is 0.824 bits per heavy atom. The standard InChI is InChI=1S/C30H37N3O/c34-30(31-19-10-22-32-20-8-1-2-9-21-32)25-15-17-27(18-16-25)33-28-14-7-6-13-26(28)23-29(33)24-11-4-3-5-12-24/h3-5,11-12,15-18,23H,1-2,6-10,13-14,19-22H2,(H,31,34). The van der Waals surface area contributed by atoms with E-state index in [-0.39, 0.29) is 5.91 Å². The molecule has 4 heteroatoms. The summed E-state index contributed by atoms with van der Waals surface area (Å²) in [4.78, 5) is 15.3. The van der Waals surface area contributed by atoms with Crippen molar-refractivity contribution in [3.05, 3.63) is 77.5 Å². The van der Waals surface area contributed by atoms with Crippen molar-refractivity contribution in [1.82, 2.24) is 14.8 Å². The lowest BCUT2D eigenvalue weighted by Gasteiger charge is -2.19. The zero-order valence-corrected chi connectivity index (χ0v) is 20.3. The van der Waals surface area contributed by atoms with Gasteiger partial charge >= 0.3 is 0 Å². The molecule has 0 unspecified atom stereocenters. The van der Waals surface area contributed by atoms with Gasteiger partial charge in [0.1, 0.15) is 0 Å². The van der Waals surface area contributed by atoms with Gasteiger partial charge in [0, 0.05) is 23.5 Å². The first-order valence-electron chi connectivity index (χ1n) is 13.2. The van der Waals surface area contributed by atoms with Gasteiger partial charge in [-0.1, -0.05) is 43.2 Å². The maximum absolute atomic E-state index is 12.7. The lowest BCUT2D eigenvalue weighted by molar-refractivity contribution is 0.0951. The number of aromatic nitrogens is 1. The molecule has 1 aliphatic carbocycles. The van der Waals surface area contributed by atoms with Gasteiger partial charge in [-0.05, 0) is 106 Å². The number of nitrogens with one attached hydrogen (secondary N) is 1. The van der Waals surface area contributed by atoms with Gasteiger partial charge in [-0.2, -0.15) is 0 Å². The highest BCUT2D eigenvalue weighted by atomic mass is 16.1. The van der Waals surface area contributed by atoms with Crippen LogP contribution in [-0.2, 0) is 12.8 Å². The van der Waals surface area contributed by atoms with E-state index >= 15 is 0 Å². The predicted octanol–water partition coefficient (Wildman–Crippen LogP) is 6.02. The average Bonchev–Trinajstić information content (AvgIpc) is 3.08. The number of nitrogens with zero attached hydrogens (tertiary/aromatic N) is 2. The second-order valence-corrected chi connectivity index (χ2v) is 9.82. The summed E-state index contributed by atoms with van der Waals surface area (Å²) in [6.07, 6.45) is 11.1. The van der Waals surface area contributed by atoms with Gasteiger partial charge in [0.05, 0.1) is 5.69 Å². The van der Waals surface area contributed by atoms with E-state index in [4.69, 9.17) is 0 Å². The maximum atomic E-state index is 12.7. The number of hydrogen-bond acceptors (Lipinski definition) is 2. The second kappa shape index (κ2) is 11.1. The SMILES string of the molecule is O=C(NCCCN1CCCCCC1)c1ccc(-n2c(-c3ccccc3)cc3c2CCCC3)cc1. The monoisotopic (exact) mass is 455 g/mol. The van der Waals surface area contributed by atoms with Gasteiger partial charge < -0.3 is 14.8 Å². The van der Waals surface area contributed by atoms with Crippen molar-refractivity contribution in [2.24, 2.45) is 0 Å². The van der Waals surface area contributed by atoms with Crippen molar-refractivity contribution < 1.29 is 4.79 Å². The summed E-state index contributed by atoms with van der Waals surface area (Å²) in [6.45, 7) is 4.24. The summed E-state index contributed by atoms with van der Waals surface area (Å²) in [5, 5.41) is 3.12. The third-order valence-electron chi connectivity index (χ3n) is 7.39. The van der Waals surface area contributed by atoms with Crippen molar-refractivity contribution in [3.8, 4) is 16.9 Å². The number of carbonyl (C=O) groups is 1. The Morgan fingerprint density at radius 3 is 2.32 bits per heavy atom. The molecule has 5 rings (SSSR count). The predicted molar refractivity (Wildman–Crippen MR) is 140 cm³/mol. The lowest BCUT2D eigenvalue weighted by atomic mass is 9.98. The molecule has 0 atom stereocenters. The molecule has 2 aromatic carbocycles. The number of hydrogen-bond donors (Lipinski definition) is 1. The molecule has 1 N–H and O–H groups in total. The van der Waals surface area contributed by atoms with Gasteiger partial charge in [-0.3, -0.25) is 4.79 Å². The molecule has 3 aromatic rings. The first kappa shape index (κ1) is 22.9. The lowest BCUT2D eigenvalue weighted by Crippen LogP contribution is -2.30. The smallest absolute Gasteiger partial charge is 0.251 e. The minimum atomic E-state index is 0.0280. The summed E-state index contributed by atoms with van der Waals surface area (Å²) in [5.74, 6) is 0.0280. The van der Waals surface area contributed by atoms with E-state index in [9.17, 15) is 4.79 Å². The topological polar surface area (TPSA) is 37.3 Å². The largest absolute Gasteiger partial charge is 0.352 e. The zero-order chi connectivity index (χ0) is 23.2. The summed E-state index contributed by atoms with van der Waals surface area (Å²) in [6, 6.07) is 21.2. The van der Waals surface area contributed by atoms with Crippen molar-refractivity contribution in [2.75, 3.05) is 26.2 Å². The third kappa shape index (κ3) is 5.28. The Labute approximate surface area is 204 Å². The van der Waals surface area contributed by atoms with Crippen LogP contribution in [0.15, 0.2) is 60.7 Å². The molecule has 2 aliphatic rings. The van der Waals surface area contributed by atoms with E-state index in [1.165, 1.54) is 74.1 Å². The third-order valence-corrected chi connectivity index (χ3v) is 7.39. The highest BCUT2D eigenvalue weighted by molar-refractivity contribution is 5.94. The summed E-state index contributed by atoms with van der Waals surface area (Å²) in [7, 11) is 0. The summed E-state index contributed by atoms with van der Waals surface area (Å²) < 4.78 is 2.41. The molecular formula is C30H37N3O. The molecule has 0 bridgehead atoms. The van der Waals surface area contributed by atoms with Crippen LogP contribution in [0, 0.1) is 0 Å². The normalized spacial score (nSPS) is 16.6. The van der Waals surface area contributed by atoms with E-state index in [1.54, 1.807) is 0 Å². The molecule has 2 heterocycles. The average molecular weight is 456 g/mol. The van der Waals surface area contributed by atoms with Gasteiger partial charge in [0.15, 0.2) is 0 Å². The van der Waals surface area contributed by atoms with Crippen molar-refractivity contribution in [1.29, 1.82) is 0 Å². The summed E-state index contributed by atoms with van der Waals surface area (Å²) in [5.41, 5.74) is 7.26. The second-order valence-electron chi connectivity index (χ2n) is 9.82. The molecule has 34 heavy (non-hydrogen) atoms. The minimum absolute atomic E-state index is 0.0280. The first-order chi connectivity index (χ1) is 16.8. The number of fused-ring (bicyclic) bond motifs is 1. The van der Waals surface area contributed by atoms with Crippen molar-refractivity contribution in [3.63, 3.8) is 0 Å². The molecule has 0 saturated carbocycles. The highest BCUT2D eigenvalue weighted by Gasteiger charge is 2.20. The Morgan fingerprint density at radius 2 is 1.56 bits per heavy atom. The number of rotatable bonds is 7. The van der Waals surface area contributed by atoms with Gasteiger partial charge in [0.2, 0.25) is 0 Å². The van der Waals surface area contributed by atoms with Crippen LogP contribution in [0.1, 0.15) is 66.6 Å². The number of amides is 1. The number of benzene rings is 2. The van der Waals surface area contributed by atoms with Gasteiger partial charge in [-0.25, -0.2) is 0 Å². The van der Waals surface area contributed by atoms with E-state index in [0.29, 0.717) is 0 Å².